The summed E-state index contributed by atoms with van der Waals surface area (Å²) >= 11 is 0. The van der Waals surface area contributed by atoms with Crippen molar-refractivity contribution >= 4 is 0 Å². The number of aromatic nitrogens is 1. The number of benzene rings is 1. The summed E-state index contributed by atoms with van der Waals surface area (Å²) in [6.07, 6.45) is 7.77. The lowest BCUT2D eigenvalue weighted by atomic mass is 9.95. The van der Waals surface area contributed by atoms with Crippen LogP contribution in [0.4, 0.5) is 0 Å². The Hall–Kier alpha value is -1.67. The molecule has 1 aromatic carbocycles. The van der Waals surface area contributed by atoms with E-state index in [1.54, 1.807) is 0 Å². The maximum atomic E-state index is 4.29. The van der Waals surface area contributed by atoms with E-state index in [0.29, 0.717) is 6.04 Å². The van der Waals surface area contributed by atoms with Crippen LogP contribution in [-0.2, 0) is 6.54 Å². The van der Waals surface area contributed by atoms with E-state index in [-0.39, 0.29) is 0 Å². The molecule has 2 heteroatoms. The van der Waals surface area contributed by atoms with Gasteiger partial charge in [-0.15, -0.1) is 0 Å². The lowest BCUT2D eigenvalue weighted by molar-refractivity contribution is 0.140. The molecule has 1 saturated heterocycles. The molecule has 0 saturated carbocycles. The van der Waals surface area contributed by atoms with E-state index in [4.69, 9.17) is 0 Å². The van der Waals surface area contributed by atoms with E-state index in [2.05, 4.69) is 53.2 Å². The summed E-state index contributed by atoms with van der Waals surface area (Å²) in [5, 5.41) is 0. The van der Waals surface area contributed by atoms with Crippen molar-refractivity contribution in [3.63, 3.8) is 0 Å². The Morgan fingerprint density at radius 1 is 1.15 bits per heavy atom. The first kappa shape index (κ1) is 13.3. The molecule has 3 rings (SSSR count). The molecule has 0 spiro atoms. The first-order valence-corrected chi connectivity index (χ1v) is 7.53. The van der Waals surface area contributed by atoms with Gasteiger partial charge in [0, 0.05) is 25.0 Å². The minimum Gasteiger partial charge on any atom is -0.292 e. The van der Waals surface area contributed by atoms with Crippen LogP contribution in [0.15, 0.2) is 48.8 Å². The van der Waals surface area contributed by atoms with E-state index >= 15 is 0 Å². The zero-order chi connectivity index (χ0) is 13.8. The molecule has 1 aromatic heterocycles. The zero-order valence-corrected chi connectivity index (χ0v) is 12.1. The second-order valence-corrected chi connectivity index (χ2v) is 5.69. The highest BCUT2D eigenvalue weighted by molar-refractivity contribution is 5.26. The Kier molecular flexibility index (Phi) is 4.12. The van der Waals surface area contributed by atoms with Crippen molar-refractivity contribution < 1.29 is 0 Å². The highest BCUT2D eigenvalue weighted by atomic mass is 15.2. The Balaban J connectivity index is 1.81. The van der Waals surface area contributed by atoms with Crippen LogP contribution >= 0.6 is 0 Å². The van der Waals surface area contributed by atoms with Crippen LogP contribution in [0.1, 0.15) is 42.0 Å². The Morgan fingerprint density at radius 3 is 2.85 bits per heavy atom. The average molecular weight is 266 g/mol. The lowest BCUT2D eigenvalue weighted by Gasteiger charge is -2.36. The van der Waals surface area contributed by atoms with Gasteiger partial charge in [0.15, 0.2) is 0 Å². The van der Waals surface area contributed by atoms with Crippen LogP contribution in [0.25, 0.3) is 0 Å². The Bertz CT molecular complexity index is 550. The molecule has 1 unspecified atom stereocenters. The van der Waals surface area contributed by atoms with Gasteiger partial charge in [-0.05, 0) is 49.1 Å². The molecule has 2 nitrogen and oxygen atoms in total. The molecule has 0 aliphatic carbocycles. The quantitative estimate of drug-likeness (QED) is 0.831. The summed E-state index contributed by atoms with van der Waals surface area (Å²) in [7, 11) is 0. The van der Waals surface area contributed by atoms with Crippen molar-refractivity contribution in [2.45, 2.75) is 38.8 Å². The van der Waals surface area contributed by atoms with Crippen molar-refractivity contribution in [2.75, 3.05) is 6.54 Å². The Morgan fingerprint density at radius 2 is 2.05 bits per heavy atom. The monoisotopic (exact) mass is 266 g/mol. The number of hydrogen-bond donors (Lipinski definition) is 0. The van der Waals surface area contributed by atoms with Gasteiger partial charge in [-0.3, -0.25) is 9.88 Å². The summed E-state index contributed by atoms with van der Waals surface area (Å²) in [6, 6.07) is 13.5. The fraction of sp³-hybridized carbons (Fsp3) is 0.389. The second-order valence-electron chi connectivity index (χ2n) is 5.69. The molecule has 0 bridgehead atoms. The summed E-state index contributed by atoms with van der Waals surface area (Å²) in [4.78, 5) is 6.91. The molecule has 1 fully saturated rings. The molecule has 0 N–H and O–H groups in total. The van der Waals surface area contributed by atoms with Crippen molar-refractivity contribution in [3.8, 4) is 0 Å². The highest BCUT2D eigenvalue weighted by Crippen LogP contribution is 2.31. The van der Waals surface area contributed by atoms with E-state index in [0.717, 1.165) is 6.54 Å². The van der Waals surface area contributed by atoms with E-state index in [1.165, 1.54) is 42.5 Å². The second kappa shape index (κ2) is 6.19. The molecule has 1 aliphatic rings. The van der Waals surface area contributed by atoms with Crippen LogP contribution < -0.4 is 0 Å². The molecular formula is C18H22N2. The van der Waals surface area contributed by atoms with E-state index in [9.17, 15) is 0 Å². The van der Waals surface area contributed by atoms with Gasteiger partial charge in [0.25, 0.3) is 0 Å². The minimum absolute atomic E-state index is 0.525. The summed E-state index contributed by atoms with van der Waals surface area (Å²) < 4.78 is 0. The fourth-order valence-corrected chi connectivity index (χ4v) is 3.14. The number of aryl methyl sites for hydroxylation is 1. The fourth-order valence-electron chi connectivity index (χ4n) is 3.14. The van der Waals surface area contributed by atoms with Crippen molar-refractivity contribution in [2.24, 2.45) is 0 Å². The molecule has 2 aromatic rings. The first-order chi connectivity index (χ1) is 9.84. The van der Waals surface area contributed by atoms with Gasteiger partial charge >= 0.3 is 0 Å². The summed E-state index contributed by atoms with van der Waals surface area (Å²) in [6.45, 7) is 4.44. The molecule has 20 heavy (non-hydrogen) atoms. The number of nitrogens with zero attached hydrogens (tertiary/aromatic N) is 2. The highest BCUT2D eigenvalue weighted by Gasteiger charge is 2.24. The van der Waals surface area contributed by atoms with Crippen LogP contribution in [0.2, 0.25) is 0 Å². The third-order valence-electron chi connectivity index (χ3n) is 4.32. The number of likely N-dealkylation sites (tertiary alicyclic amines) is 1. The van der Waals surface area contributed by atoms with Crippen molar-refractivity contribution in [1.29, 1.82) is 0 Å². The molecule has 1 atom stereocenters. The van der Waals surface area contributed by atoms with Gasteiger partial charge in [0.05, 0.1) is 0 Å². The van der Waals surface area contributed by atoms with Crippen LogP contribution in [0.3, 0.4) is 0 Å². The lowest BCUT2D eigenvalue weighted by Crippen LogP contribution is -2.33. The molecule has 2 heterocycles. The molecule has 0 amide bonds. The van der Waals surface area contributed by atoms with Crippen molar-refractivity contribution in [3.05, 3.63) is 65.5 Å². The first-order valence-electron chi connectivity index (χ1n) is 7.53. The van der Waals surface area contributed by atoms with Crippen LogP contribution in [0.5, 0.6) is 0 Å². The maximum Gasteiger partial charge on any atom is 0.0366 e. The molecule has 104 valence electrons. The van der Waals surface area contributed by atoms with Gasteiger partial charge in [-0.1, -0.05) is 36.8 Å². The molecule has 1 aliphatic heterocycles. The average Bonchev–Trinajstić information content (AvgIpc) is 2.51. The van der Waals surface area contributed by atoms with Crippen molar-refractivity contribution in [1.82, 2.24) is 9.88 Å². The van der Waals surface area contributed by atoms with Gasteiger partial charge in [-0.2, -0.15) is 0 Å². The summed E-state index contributed by atoms with van der Waals surface area (Å²) in [5.41, 5.74) is 4.20. The minimum atomic E-state index is 0.525. The predicted octanol–water partition coefficient (Wildman–Crippen LogP) is 4.12. The standard InChI is InChI=1S/C18H22N2/c1-15-7-2-3-8-17(15)14-20-12-5-4-10-18(20)16-9-6-11-19-13-16/h2-3,6-9,11,13,18H,4-5,10,12,14H2,1H3. The van der Waals surface area contributed by atoms with Gasteiger partial charge in [0.1, 0.15) is 0 Å². The topological polar surface area (TPSA) is 16.1 Å². The normalized spacial score (nSPS) is 19.9. The zero-order valence-electron chi connectivity index (χ0n) is 12.1. The van der Waals surface area contributed by atoms with E-state index in [1.807, 2.05) is 12.4 Å². The predicted molar refractivity (Wildman–Crippen MR) is 82.4 cm³/mol. The van der Waals surface area contributed by atoms with Crippen LogP contribution in [-0.4, -0.2) is 16.4 Å². The van der Waals surface area contributed by atoms with Gasteiger partial charge in [0.2, 0.25) is 0 Å². The molecular weight excluding hydrogens is 244 g/mol. The third kappa shape index (κ3) is 2.91. The van der Waals surface area contributed by atoms with Gasteiger partial charge < -0.3 is 0 Å². The smallest absolute Gasteiger partial charge is 0.0366 e. The number of piperidine rings is 1. The summed E-state index contributed by atoms with van der Waals surface area (Å²) in [5.74, 6) is 0. The van der Waals surface area contributed by atoms with Gasteiger partial charge in [-0.25, -0.2) is 0 Å². The SMILES string of the molecule is Cc1ccccc1CN1CCCCC1c1cccnc1. The number of hydrogen-bond acceptors (Lipinski definition) is 2. The maximum absolute atomic E-state index is 4.29. The van der Waals surface area contributed by atoms with Crippen LogP contribution in [0, 0.1) is 6.92 Å². The number of rotatable bonds is 3. The molecule has 0 radical (unpaired) electrons. The third-order valence-corrected chi connectivity index (χ3v) is 4.32. The van der Waals surface area contributed by atoms with E-state index < -0.39 is 0 Å². The number of pyridine rings is 1. The largest absolute Gasteiger partial charge is 0.292 e. The Labute approximate surface area is 121 Å².